The Balaban J connectivity index is 1.74. The maximum atomic E-state index is 12.0. The highest BCUT2D eigenvalue weighted by atomic mass is 16.6. The normalized spacial score (nSPS) is 15.3. The summed E-state index contributed by atoms with van der Waals surface area (Å²) in [6, 6.07) is 11.8. The molecule has 2 aromatic carbocycles. The molecule has 1 saturated heterocycles. The van der Waals surface area contributed by atoms with Gasteiger partial charge in [0.2, 0.25) is 0 Å². The molecule has 2 N–H and O–H groups in total. The number of nitro benzene ring substituents is 1. The predicted octanol–water partition coefficient (Wildman–Crippen LogP) is 2.60. The van der Waals surface area contributed by atoms with Gasteiger partial charge in [-0.05, 0) is 37.3 Å². The molecular weight excluding hydrogens is 416 g/mol. The third kappa shape index (κ3) is 5.72. The topological polar surface area (TPSA) is 117 Å². The van der Waals surface area contributed by atoms with Crippen LogP contribution in [0.25, 0.3) is 0 Å². The molecule has 2 aromatic rings. The third-order valence-electron chi connectivity index (χ3n) is 5.41. The summed E-state index contributed by atoms with van der Waals surface area (Å²) >= 11 is 0. The fourth-order valence-electron chi connectivity index (χ4n) is 3.57. The number of carbonyl (C=O) groups excluding carboxylic acids is 1. The number of nitro groups is 1. The molecule has 172 valence electrons. The van der Waals surface area contributed by atoms with Crippen molar-refractivity contribution in [1.29, 1.82) is 0 Å². The van der Waals surface area contributed by atoms with E-state index in [4.69, 9.17) is 14.6 Å². The van der Waals surface area contributed by atoms with Crippen molar-refractivity contribution in [2.75, 3.05) is 56.7 Å². The summed E-state index contributed by atoms with van der Waals surface area (Å²) in [6.45, 7) is 5.01. The molecule has 1 unspecified atom stereocenters. The zero-order valence-corrected chi connectivity index (χ0v) is 18.2. The average molecular weight is 444 g/mol. The van der Waals surface area contributed by atoms with Gasteiger partial charge in [-0.3, -0.25) is 15.0 Å². The van der Waals surface area contributed by atoms with Gasteiger partial charge in [-0.2, -0.15) is 0 Å². The Labute approximate surface area is 186 Å². The number of hydrogen-bond donors (Lipinski definition) is 2. The van der Waals surface area contributed by atoms with Crippen molar-refractivity contribution in [3.05, 3.63) is 58.1 Å². The lowest BCUT2D eigenvalue weighted by Gasteiger charge is -2.38. The molecule has 0 bridgehead atoms. The van der Waals surface area contributed by atoms with Crippen LogP contribution in [-0.4, -0.2) is 73.6 Å². The molecule has 0 saturated carbocycles. The Bertz CT molecular complexity index is 946. The molecule has 0 aliphatic carbocycles. The van der Waals surface area contributed by atoms with Crippen LogP contribution < -0.4 is 10.2 Å². The van der Waals surface area contributed by atoms with E-state index >= 15 is 0 Å². The first-order valence-electron chi connectivity index (χ1n) is 10.4. The summed E-state index contributed by atoms with van der Waals surface area (Å²) in [7, 11) is 1.70. The Morgan fingerprint density at radius 1 is 1.22 bits per heavy atom. The van der Waals surface area contributed by atoms with Crippen LogP contribution in [0.1, 0.15) is 17.3 Å². The van der Waals surface area contributed by atoms with Crippen molar-refractivity contribution in [3.8, 4) is 0 Å². The van der Waals surface area contributed by atoms with Crippen molar-refractivity contribution >= 4 is 28.7 Å². The Morgan fingerprint density at radius 2 is 1.97 bits per heavy atom. The number of hydrogen-bond acceptors (Lipinski definition) is 9. The van der Waals surface area contributed by atoms with Gasteiger partial charge in [0.05, 0.1) is 17.1 Å². The number of piperazine rings is 1. The van der Waals surface area contributed by atoms with E-state index in [1.807, 2.05) is 31.2 Å². The standard InChI is InChI=1S/C22H28N4O6/c1-16(31-2)24-8-10-25(11-9-24)19-5-3-4-18(15-19)23-20-7-6-17(14-21(20)26(29)30)22(28)32-13-12-27/h3-7,14-16,23,27H,8-13H2,1-2H3. The number of benzene rings is 2. The molecule has 10 nitrogen and oxygen atoms in total. The van der Waals surface area contributed by atoms with Gasteiger partial charge in [-0.15, -0.1) is 0 Å². The van der Waals surface area contributed by atoms with Crippen LogP contribution >= 0.6 is 0 Å². The van der Waals surface area contributed by atoms with E-state index in [0.29, 0.717) is 5.69 Å². The number of carbonyl (C=O) groups is 1. The van der Waals surface area contributed by atoms with Crippen molar-refractivity contribution < 1.29 is 24.3 Å². The highest BCUT2D eigenvalue weighted by Crippen LogP contribution is 2.30. The number of nitrogens with zero attached hydrogens (tertiary/aromatic N) is 3. The summed E-state index contributed by atoms with van der Waals surface area (Å²) in [4.78, 5) is 27.5. The molecule has 1 heterocycles. The van der Waals surface area contributed by atoms with E-state index in [1.165, 1.54) is 18.2 Å². The van der Waals surface area contributed by atoms with Crippen molar-refractivity contribution in [2.24, 2.45) is 0 Å². The predicted molar refractivity (Wildman–Crippen MR) is 120 cm³/mol. The summed E-state index contributed by atoms with van der Waals surface area (Å²) in [5, 5.41) is 23.4. The third-order valence-corrected chi connectivity index (χ3v) is 5.41. The van der Waals surface area contributed by atoms with Gasteiger partial charge in [0.1, 0.15) is 18.5 Å². The fraction of sp³-hybridized carbons (Fsp3) is 0.409. The number of anilines is 3. The van der Waals surface area contributed by atoms with E-state index in [2.05, 4.69) is 15.1 Å². The van der Waals surface area contributed by atoms with Crippen molar-refractivity contribution in [2.45, 2.75) is 13.2 Å². The lowest BCUT2D eigenvalue weighted by molar-refractivity contribution is -0.383. The number of aliphatic hydroxyl groups excluding tert-OH is 1. The first-order valence-corrected chi connectivity index (χ1v) is 10.4. The Hall–Kier alpha value is -3.21. The van der Waals surface area contributed by atoms with Crippen LogP contribution in [0.4, 0.5) is 22.7 Å². The molecule has 0 amide bonds. The number of methoxy groups -OCH3 is 1. The van der Waals surface area contributed by atoms with Crippen LogP contribution in [0.15, 0.2) is 42.5 Å². The fourth-order valence-corrected chi connectivity index (χ4v) is 3.57. The second-order valence-electron chi connectivity index (χ2n) is 7.38. The van der Waals surface area contributed by atoms with Gasteiger partial charge >= 0.3 is 5.97 Å². The maximum Gasteiger partial charge on any atom is 0.338 e. The Morgan fingerprint density at radius 3 is 2.62 bits per heavy atom. The SMILES string of the molecule is COC(C)N1CCN(c2cccc(Nc3ccc(C(=O)OCCO)cc3[N+](=O)[O-])c2)CC1. The lowest BCUT2D eigenvalue weighted by Crippen LogP contribution is -2.50. The molecule has 0 spiro atoms. The Kier molecular flexibility index (Phi) is 7.98. The monoisotopic (exact) mass is 444 g/mol. The first kappa shape index (κ1) is 23.5. The van der Waals surface area contributed by atoms with E-state index in [-0.39, 0.29) is 36.4 Å². The van der Waals surface area contributed by atoms with Gasteiger partial charge in [-0.1, -0.05) is 6.07 Å². The zero-order valence-electron chi connectivity index (χ0n) is 18.2. The quantitative estimate of drug-likeness (QED) is 0.342. The average Bonchev–Trinajstić information content (AvgIpc) is 2.82. The molecule has 1 aliphatic heterocycles. The van der Waals surface area contributed by atoms with Gasteiger partial charge in [0.25, 0.3) is 5.69 Å². The molecule has 32 heavy (non-hydrogen) atoms. The number of nitrogens with one attached hydrogen (secondary N) is 1. The number of aliphatic hydroxyl groups is 1. The highest BCUT2D eigenvalue weighted by molar-refractivity contribution is 5.91. The number of rotatable bonds is 9. The van der Waals surface area contributed by atoms with E-state index in [9.17, 15) is 14.9 Å². The molecule has 0 radical (unpaired) electrons. The van der Waals surface area contributed by atoms with E-state index < -0.39 is 10.9 Å². The highest BCUT2D eigenvalue weighted by Gasteiger charge is 2.22. The minimum Gasteiger partial charge on any atom is -0.460 e. The lowest BCUT2D eigenvalue weighted by atomic mass is 10.1. The largest absolute Gasteiger partial charge is 0.460 e. The first-order chi connectivity index (χ1) is 15.4. The van der Waals surface area contributed by atoms with E-state index in [1.54, 1.807) is 7.11 Å². The second kappa shape index (κ2) is 10.9. The molecule has 1 aliphatic rings. The molecule has 3 rings (SSSR count). The van der Waals surface area contributed by atoms with Crippen molar-refractivity contribution in [1.82, 2.24) is 4.90 Å². The van der Waals surface area contributed by atoms with Crippen molar-refractivity contribution in [3.63, 3.8) is 0 Å². The van der Waals surface area contributed by atoms with Gasteiger partial charge in [-0.25, -0.2) is 4.79 Å². The smallest absolute Gasteiger partial charge is 0.338 e. The van der Waals surface area contributed by atoms with Crippen LogP contribution in [0, 0.1) is 10.1 Å². The molecule has 0 aromatic heterocycles. The summed E-state index contributed by atoms with van der Waals surface area (Å²) in [5.41, 5.74) is 1.80. The van der Waals surface area contributed by atoms with Gasteiger partial charge in [0, 0.05) is 50.7 Å². The minimum atomic E-state index is -0.724. The molecular formula is C22H28N4O6. The number of esters is 1. The molecule has 1 fully saturated rings. The molecule has 1 atom stereocenters. The van der Waals surface area contributed by atoms with Crippen LogP contribution in [0.2, 0.25) is 0 Å². The second-order valence-corrected chi connectivity index (χ2v) is 7.38. The van der Waals surface area contributed by atoms with E-state index in [0.717, 1.165) is 31.9 Å². The van der Waals surface area contributed by atoms with Crippen LogP contribution in [-0.2, 0) is 9.47 Å². The summed E-state index contributed by atoms with van der Waals surface area (Å²) < 4.78 is 10.2. The summed E-state index contributed by atoms with van der Waals surface area (Å²) in [6.07, 6.45) is 0.0783. The van der Waals surface area contributed by atoms with Crippen LogP contribution in [0.5, 0.6) is 0 Å². The van der Waals surface area contributed by atoms with Gasteiger partial charge < -0.3 is 24.8 Å². The maximum absolute atomic E-state index is 12.0. The summed E-state index contributed by atoms with van der Waals surface area (Å²) in [5.74, 6) is -0.724. The van der Waals surface area contributed by atoms with Gasteiger partial charge in [0.15, 0.2) is 0 Å². The minimum absolute atomic E-state index is 0.0487. The van der Waals surface area contributed by atoms with Crippen LogP contribution in [0.3, 0.4) is 0 Å². The number of ether oxygens (including phenoxy) is 2. The molecule has 10 heteroatoms. The zero-order chi connectivity index (χ0) is 23.1.